The Labute approximate surface area is 179 Å². The Morgan fingerprint density at radius 1 is 1.20 bits per heavy atom. The average Bonchev–Trinajstić information content (AvgIpc) is 3.25. The second-order valence-electron chi connectivity index (χ2n) is 8.71. The zero-order chi connectivity index (χ0) is 20.7. The second-order valence-corrected chi connectivity index (χ2v) is 11.2. The van der Waals surface area contributed by atoms with Crippen LogP contribution >= 0.6 is 11.6 Å². The van der Waals surface area contributed by atoms with Crippen LogP contribution in [-0.2, 0) is 21.8 Å². The van der Waals surface area contributed by atoms with Gasteiger partial charge in [0.25, 0.3) is 0 Å². The summed E-state index contributed by atoms with van der Waals surface area (Å²) >= 11 is 6.42. The fourth-order valence-electron chi connectivity index (χ4n) is 4.93. The van der Waals surface area contributed by atoms with Crippen molar-refractivity contribution < 1.29 is 13.2 Å². The Morgan fingerprint density at radius 2 is 2.00 bits per heavy atom. The van der Waals surface area contributed by atoms with Gasteiger partial charge in [-0.1, -0.05) is 23.7 Å². The Morgan fingerprint density at radius 3 is 2.70 bits per heavy atom. The molecule has 0 N–H and O–H groups in total. The molecule has 1 aliphatic heterocycles. The molecule has 7 rings (SSSR count). The van der Waals surface area contributed by atoms with E-state index in [-0.39, 0.29) is 10.4 Å². The highest BCUT2D eigenvalue weighted by molar-refractivity contribution is 7.90. The zero-order valence-electron chi connectivity index (χ0n) is 16.4. The smallest absolute Gasteiger partial charge is 0.181 e. The summed E-state index contributed by atoms with van der Waals surface area (Å²) < 4.78 is 32.0. The highest BCUT2D eigenvalue weighted by Crippen LogP contribution is 2.63. The lowest BCUT2D eigenvalue weighted by atomic mass is 9.50. The van der Waals surface area contributed by atoms with Crippen LogP contribution in [0.2, 0.25) is 5.02 Å². The van der Waals surface area contributed by atoms with Crippen LogP contribution in [0.1, 0.15) is 24.8 Å². The largest absolute Gasteiger partial charge is 0.492 e. The molecule has 8 heteroatoms. The average molecular weight is 442 g/mol. The van der Waals surface area contributed by atoms with Gasteiger partial charge < -0.3 is 4.74 Å². The molecule has 0 atom stereocenters. The van der Waals surface area contributed by atoms with E-state index in [1.165, 1.54) is 6.26 Å². The van der Waals surface area contributed by atoms with Gasteiger partial charge in [0.05, 0.1) is 22.6 Å². The molecule has 2 heterocycles. The fourth-order valence-corrected chi connectivity index (χ4v) is 5.84. The van der Waals surface area contributed by atoms with Gasteiger partial charge in [-0.3, -0.25) is 0 Å². The summed E-state index contributed by atoms with van der Waals surface area (Å²) in [6.07, 6.45) is 5.35. The minimum absolute atomic E-state index is 0.00744. The molecular formula is C22H20ClN3O3S. The molecule has 3 fully saturated rings. The predicted molar refractivity (Wildman–Crippen MR) is 114 cm³/mol. The summed E-state index contributed by atoms with van der Waals surface area (Å²) in [6, 6.07) is 10.7. The number of rotatable bonds is 4. The first-order valence-electron chi connectivity index (χ1n) is 10.1. The molecule has 4 aliphatic rings. The summed E-state index contributed by atoms with van der Waals surface area (Å²) in [7, 11) is -3.32. The Bertz CT molecular complexity index is 1300. The SMILES string of the molecule is CS(=O)(=O)c1cccc(-c2nc(-c3cc(Cl)cc4c3OCC4)n(C34CC(C3)C4)n2)c1. The third-order valence-electron chi connectivity index (χ3n) is 6.57. The molecule has 0 unspecified atom stereocenters. The van der Waals surface area contributed by atoms with E-state index in [4.69, 9.17) is 26.4 Å². The number of halogens is 1. The van der Waals surface area contributed by atoms with E-state index >= 15 is 0 Å². The van der Waals surface area contributed by atoms with E-state index in [1.54, 1.807) is 18.2 Å². The summed E-state index contributed by atoms with van der Waals surface area (Å²) in [5.74, 6) is 2.87. The van der Waals surface area contributed by atoms with Crippen molar-refractivity contribution in [2.24, 2.45) is 5.92 Å². The van der Waals surface area contributed by atoms with E-state index < -0.39 is 9.84 Å². The topological polar surface area (TPSA) is 74.1 Å². The molecule has 0 spiro atoms. The molecule has 0 radical (unpaired) electrons. The van der Waals surface area contributed by atoms with Crippen molar-refractivity contribution in [2.45, 2.75) is 36.1 Å². The second kappa shape index (κ2) is 6.08. The number of hydrogen-bond acceptors (Lipinski definition) is 5. The first-order valence-corrected chi connectivity index (χ1v) is 12.3. The number of sulfone groups is 1. The molecule has 6 nitrogen and oxygen atoms in total. The molecule has 0 saturated heterocycles. The lowest BCUT2D eigenvalue weighted by Crippen LogP contribution is -2.59. The van der Waals surface area contributed by atoms with Gasteiger partial charge in [-0.25, -0.2) is 18.1 Å². The summed E-state index contributed by atoms with van der Waals surface area (Å²) in [5.41, 5.74) is 2.64. The molecule has 30 heavy (non-hydrogen) atoms. The number of ether oxygens (including phenoxy) is 1. The molecule has 154 valence electrons. The van der Waals surface area contributed by atoms with Gasteiger partial charge in [0.2, 0.25) is 0 Å². The molecule has 3 aromatic rings. The van der Waals surface area contributed by atoms with E-state index in [1.807, 2.05) is 22.9 Å². The van der Waals surface area contributed by atoms with Crippen molar-refractivity contribution in [3.8, 4) is 28.5 Å². The summed E-state index contributed by atoms with van der Waals surface area (Å²) in [6.45, 7) is 0.632. The van der Waals surface area contributed by atoms with Crippen molar-refractivity contribution in [3.05, 3.63) is 47.0 Å². The van der Waals surface area contributed by atoms with Crippen LogP contribution in [0.3, 0.4) is 0 Å². The van der Waals surface area contributed by atoms with Crippen molar-refractivity contribution in [3.63, 3.8) is 0 Å². The van der Waals surface area contributed by atoms with Gasteiger partial charge in [0.1, 0.15) is 5.75 Å². The van der Waals surface area contributed by atoms with Gasteiger partial charge in [-0.15, -0.1) is 5.10 Å². The molecule has 1 aromatic heterocycles. The maximum absolute atomic E-state index is 12.0. The monoisotopic (exact) mass is 441 g/mol. The fraction of sp³-hybridized carbons (Fsp3) is 0.364. The van der Waals surface area contributed by atoms with Gasteiger partial charge >= 0.3 is 0 Å². The maximum atomic E-state index is 12.0. The number of fused-ring (bicyclic) bond motifs is 1. The van der Waals surface area contributed by atoms with Crippen LogP contribution in [0.15, 0.2) is 41.3 Å². The van der Waals surface area contributed by atoms with E-state index in [9.17, 15) is 8.42 Å². The number of hydrogen-bond donors (Lipinski definition) is 0. The van der Waals surface area contributed by atoms with Crippen LogP contribution in [0.5, 0.6) is 5.75 Å². The zero-order valence-corrected chi connectivity index (χ0v) is 18.0. The molecule has 3 aliphatic carbocycles. The first-order chi connectivity index (χ1) is 14.3. The van der Waals surface area contributed by atoms with E-state index in [0.717, 1.165) is 54.3 Å². The van der Waals surface area contributed by atoms with Crippen molar-refractivity contribution in [2.75, 3.05) is 12.9 Å². The summed E-state index contributed by atoms with van der Waals surface area (Å²) in [5, 5.41) is 5.53. The Kier molecular flexibility index (Phi) is 3.73. The predicted octanol–water partition coefficient (Wildman–Crippen LogP) is 4.11. The normalized spacial score (nSPS) is 24.0. The van der Waals surface area contributed by atoms with Crippen molar-refractivity contribution in [1.82, 2.24) is 14.8 Å². The summed E-state index contributed by atoms with van der Waals surface area (Å²) in [4.78, 5) is 5.14. The number of nitrogens with zero attached hydrogens (tertiary/aromatic N) is 3. The van der Waals surface area contributed by atoms with E-state index in [2.05, 4.69) is 0 Å². The quantitative estimate of drug-likeness (QED) is 0.609. The van der Waals surface area contributed by atoms with Crippen LogP contribution < -0.4 is 4.74 Å². The lowest BCUT2D eigenvalue weighted by molar-refractivity contribution is -0.0965. The molecule has 2 bridgehead atoms. The van der Waals surface area contributed by atoms with Crippen LogP contribution in [0.25, 0.3) is 22.8 Å². The Hall–Kier alpha value is -2.38. The molecular weight excluding hydrogens is 422 g/mol. The van der Waals surface area contributed by atoms with Crippen molar-refractivity contribution in [1.29, 1.82) is 0 Å². The maximum Gasteiger partial charge on any atom is 0.181 e. The minimum atomic E-state index is -3.32. The molecule has 0 amide bonds. The van der Waals surface area contributed by atoms with Crippen LogP contribution in [0.4, 0.5) is 0 Å². The third-order valence-corrected chi connectivity index (χ3v) is 7.90. The Balaban J connectivity index is 1.54. The third kappa shape index (κ3) is 2.65. The highest BCUT2D eigenvalue weighted by atomic mass is 35.5. The van der Waals surface area contributed by atoms with Gasteiger partial charge in [-0.2, -0.15) is 0 Å². The van der Waals surface area contributed by atoms with Gasteiger partial charge in [0.15, 0.2) is 21.5 Å². The number of aromatic nitrogens is 3. The lowest BCUT2D eigenvalue weighted by Gasteiger charge is -2.61. The number of benzene rings is 2. The van der Waals surface area contributed by atoms with Crippen LogP contribution in [-0.4, -0.2) is 36.0 Å². The van der Waals surface area contributed by atoms with Gasteiger partial charge in [-0.05, 0) is 55.0 Å². The van der Waals surface area contributed by atoms with E-state index in [0.29, 0.717) is 23.0 Å². The standard InChI is InChI=1S/C22H20ClN3O3S/c1-30(27,28)17-4-2-3-15(8-17)20-24-21(26(25-20)22-10-13(11-22)12-22)18-9-16(23)7-14-5-6-29-19(14)18/h2-4,7-9,13H,5-6,10-12H2,1H3. The van der Waals surface area contributed by atoms with Gasteiger partial charge in [0, 0.05) is 23.3 Å². The highest BCUT2D eigenvalue weighted by Gasteiger charge is 2.59. The minimum Gasteiger partial charge on any atom is -0.492 e. The van der Waals surface area contributed by atoms with Crippen molar-refractivity contribution >= 4 is 21.4 Å². The molecule has 3 saturated carbocycles. The van der Waals surface area contributed by atoms with Crippen LogP contribution in [0, 0.1) is 5.92 Å². The first kappa shape index (κ1) is 18.4. The molecule has 2 aromatic carbocycles.